The highest BCUT2D eigenvalue weighted by atomic mass is 16.5. The molecule has 0 bridgehead atoms. The summed E-state index contributed by atoms with van der Waals surface area (Å²) in [4.78, 5) is 14.0. The molecule has 0 aromatic carbocycles. The summed E-state index contributed by atoms with van der Waals surface area (Å²) in [6.45, 7) is 4.33. The van der Waals surface area contributed by atoms with Crippen LogP contribution in [0.4, 0.5) is 0 Å². The second kappa shape index (κ2) is 11.1. The topological polar surface area (TPSA) is 49.8 Å². The molecule has 1 heterocycles. The van der Waals surface area contributed by atoms with E-state index >= 15 is 0 Å². The summed E-state index contributed by atoms with van der Waals surface area (Å²) in [6, 6.07) is 0. The Kier molecular flexibility index (Phi) is 9.67. The van der Waals surface area contributed by atoms with Crippen LogP contribution in [0, 0.1) is 0 Å². The summed E-state index contributed by atoms with van der Waals surface area (Å²) in [5, 5.41) is 8.72. The first-order valence-electron chi connectivity index (χ1n) is 8.28. The minimum atomic E-state index is 0.0805. The normalized spacial score (nSPS) is 16.6. The van der Waals surface area contributed by atoms with Gasteiger partial charge in [0.2, 0.25) is 5.91 Å². The largest absolute Gasteiger partial charge is 0.394 e. The molecule has 0 unspecified atom stereocenters. The highest BCUT2D eigenvalue weighted by Gasteiger charge is 2.22. The maximum atomic E-state index is 12.1. The molecule has 1 amide bonds. The second-order valence-electron chi connectivity index (χ2n) is 5.69. The fraction of sp³-hybridized carbons (Fsp3) is 0.938. The van der Waals surface area contributed by atoms with Crippen molar-refractivity contribution in [2.24, 2.45) is 0 Å². The molecule has 1 rings (SSSR count). The van der Waals surface area contributed by atoms with E-state index in [1.54, 1.807) is 0 Å². The Hall–Kier alpha value is -0.610. The lowest BCUT2D eigenvalue weighted by atomic mass is 10.1. The molecule has 0 atom stereocenters. The molecule has 0 aliphatic carbocycles. The molecule has 118 valence electrons. The maximum absolute atomic E-state index is 12.1. The molecule has 0 spiro atoms. The Morgan fingerprint density at radius 3 is 2.45 bits per heavy atom. The summed E-state index contributed by atoms with van der Waals surface area (Å²) in [6.07, 6.45) is 10.1. The third kappa shape index (κ3) is 7.25. The summed E-state index contributed by atoms with van der Waals surface area (Å²) < 4.78 is 5.51. The predicted molar refractivity (Wildman–Crippen MR) is 80.6 cm³/mol. The zero-order valence-electron chi connectivity index (χ0n) is 13.0. The van der Waals surface area contributed by atoms with E-state index in [0.29, 0.717) is 18.9 Å². The number of aliphatic hydroxyl groups excluding tert-OH is 1. The number of ether oxygens (including phenoxy) is 1. The summed E-state index contributed by atoms with van der Waals surface area (Å²) in [5.74, 6) is 0.307. The summed E-state index contributed by atoms with van der Waals surface area (Å²) in [5.41, 5.74) is 0. The van der Waals surface area contributed by atoms with E-state index in [0.717, 1.165) is 32.4 Å². The summed E-state index contributed by atoms with van der Waals surface area (Å²) >= 11 is 0. The molecular formula is C16H31NO3. The Morgan fingerprint density at radius 2 is 1.80 bits per heavy atom. The molecule has 20 heavy (non-hydrogen) atoms. The summed E-state index contributed by atoms with van der Waals surface area (Å²) in [7, 11) is 0. The van der Waals surface area contributed by atoms with Crippen molar-refractivity contribution in [3.63, 3.8) is 0 Å². The number of rotatable bonds is 10. The quantitative estimate of drug-likeness (QED) is 0.628. The number of carbonyl (C=O) groups is 1. The van der Waals surface area contributed by atoms with Gasteiger partial charge in [0.05, 0.1) is 19.3 Å². The van der Waals surface area contributed by atoms with Gasteiger partial charge in [-0.2, -0.15) is 0 Å². The van der Waals surface area contributed by atoms with E-state index in [4.69, 9.17) is 9.84 Å². The standard InChI is InChI=1S/C16H31NO3/c1-2-3-4-5-6-7-8-16(19)17-11-9-15(10-12-17)20-14-13-18/h15,18H,2-14H2,1H3. The van der Waals surface area contributed by atoms with Crippen LogP contribution in [0.15, 0.2) is 0 Å². The average Bonchev–Trinajstić information content (AvgIpc) is 2.49. The van der Waals surface area contributed by atoms with Crippen molar-refractivity contribution in [1.82, 2.24) is 4.90 Å². The smallest absolute Gasteiger partial charge is 0.222 e. The number of unbranched alkanes of at least 4 members (excludes halogenated alkanes) is 5. The molecular weight excluding hydrogens is 254 g/mol. The number of nitrogens with zero attached hydrogens (tertiary/aromatic N) is 1. The van der Waals surface area contributed by atoms with E-state index in [-0.39, 0.29) is 12.7 Å². The number of carbonyl (C=O) groups excluding carboxylic acids is 1. The molecule has 0 aromatic rings. The Bertz CT molecular complexity index is 250. The van der Waals surface area contributed by atoms with Gasteiger partial charge in [0.25, 0.3) is 0 Å². The number of piperidine rings is 1. The van der Waals surface area contributed by atoms with E-state index in [2.05, 4.69) is 6.92 Å². The first kappa shape index (κ1) is 17.4. The Balaban J connectivity index is 2.04. The van der Waals surface area contributed by atoms with Gasteiger partial charge in [-0.05, 0) is 19.3 Å². The third-order valence-corrected chi connectivity index (χ3v) is 3.98. The Labute approximate surface area is 123 Å². The van der Waals surface area contributed by atoms with Crippen LogP contribution in [-0.4, -0.2) is 48.3 Å². The van der Waals surface area contributed by atoms with E-state index in [1.807, 2.05) is 4.90 Å². The van der Waals surface area contributed by atoms with Crippen LogP contribution < -0.4 is 0 Å². The molecule has 0 aromatic heterocycles. The molecule has 1 aliphatic heterocycles. The predicted octanol–water partition coefficient (Wildman–Crippen LogP) is 2.74. The number of amides is 1. The minimum absolute atomic E-state index is 0.0805. The highest BCUT2D eigenvalue weighted by Crippen LogP contribution is 2.16. The molecule has 1 saturated heterocycles. The lowest BCUT2D eigenvalue weighted by Crippen LogP contribution is -2.41. The molecule has 1 N–H and O–H groups in total. The van der Waals surface area contributed by atoms with Crippen LogP contribution in [-0.2, 0) is 9.53 Å². The van der Waals surface area contributed by atoms with E-state index in [1.165, 1.54) is 32.1 Å². The van der Waals surface area contributed by atoms with Crippen molar-refractivity contribution in [1.29, 1.82) is 0 Å². The SMILES string of the molecule is CCCCCCCCC(=O)N1CCC(OCCO)CC1. The lowest BCUT2D eigenvalue weighted by Gasteiger charge is -2.32. The van der Waals surface area contributed by atoms with Gasteiger partial charge in [-0.25, -0.2) is 0 Å². The number of likely N-dealkylation sites (tertiary alicyclic amines) is 1. The minimum Gasteiger partial charge on any atom is -0.394 e. The molecule has 0 radical (unpaired) electrons. The fourth-order valence-electron chi connectivity index (χ4n) is 2.71. The molecule has 1 aliphatic rings. The zero-order chi connectivity index (χ0) is 14.6. The fourth-order valence-corrected chi connectivity index (χ4v) is 2.71. The van der Waals surface area contributed by atoms with Gasteiger partial charge in [0.15, 0.2) is 0 Å². The monoisotopic (exact) mass is 285 g/mol. The van der Waals surface area contributed by atoms with Crippen molar-refractivity contribution < 1.29 is 14.6 Å². The van der Waals surface area contributed by atoms with Crippen molar-refractivity contribution in [3.8, 4) is 0 Å². The van der Waals surface area contributed by atoms with Crippen LogP contribution in [0.3, 0.4) is 0 Å². The lowest BCUT2D eigenvalue weighted by molar-refractivity contribution is -0.134. The Morgan fingerprint density at radius 1 is 1.15 bits per heavy atom. The molecule has 0 saturated carbocycles. The number of hydrogen-bond acceptors (Lipinski definition) is 3. The van der Waals surface area contributed by atoms with E-state index in [9.17, 15) is 4.79 Å². The average molecular weight is 285 g/mol. The first-order chi connectivity index (χ1) is 9.77. The first-order valence-corrected chi connectivity index (χ1v) is 8.28. The van der Waals surface area contributed by atoms with Crippen molar-refractivity contribution in [2.75, 3.05) is 26.3 Å². The van der Waals surface area contributed by atoms with Gasteiger partial charge in [-0.3, -0.25) is 4.79 Å². The van der Waals surface area contributed by atoms with Crippen molar-refractivity contribution >= 4 is 5.91 Å². The molecule has 4 heteroatoms. The van der Waals surface area contributed by atoms with Gasteiger partial charge in [0.1, 0.15) is 0 Å². The van der Waals surface area contributed by atoms with Crippen LogP contribution in [0.1, 0.15) is 64.7 Å². The maximum Gasteiger partial charge on any atom is 0.222 e. The third-order valence-electron chi connectivity index (χ3n) is 3.98. The van der Waals surface area contributed by atoms with Crippen molar-refractivity contribution in [3.05, 3.63) is 0 Å². The zero-order valence-corrected chi connectivity index (χ0v) is 13.0. The van der Waals surface area contributed by atoms with Gasteiger partial charge in [-0.15, -0.1) is 0 Å². The van der Waals surface area contributed by atoms with Crippen LogP contribution in [0.2, 0.25) is 0 Å². The van der Waals surface area contributed by atoms with Gasteiger partial charge in [-0.1, -0.05) is 39.0 Å². The number of aliphatic hydroxyl groups is 1. The van der Waals surface area contributed by atoms with Crippen LogP contribution in [0.5, 0.6) is 0 Å². The van der Waals surface area contributed by atoms with Crippen LogP contribution >= 0.6 is 0 Å². The molecule has 4 nitrogen and oxygen atoms in total. The number of hydrogen-bond donors (Lipinski definition) is 1. The molecule has 1 fully saturated rings. The highest BCUT2D eigenvalue weighted by molar-refractivity contribution is 5.76. The van der Waals surface area contributed by atoms with E-state index < -0.39 is 0 Å². The van der Waals surface area contributed by atoms with Gasteiger partial charge in [0, 0.05) is 19.5 Å². The second-order valence-corrected chi connectivity index (χ2v) is 5.69. The van der Waals surface area contributed by atoms with Gasteiger partial charge >= 0.3 is 0 Å². The van der Waals surface area contributed by atoms with Crippen molar-refractivity contribution in [2.45, 2.75) is 70.8 Å². The van der Waals surface area contributed by atoms with Gasteiger partial charge < -0.3 is 14.7 Å². The van der Waals surface area contributed by atoms with Crippen LogP contribution in [0.25, 0.3) is 0 Å².